The van der Waals surface area contributed by atoms with Crippen LogP contribution in [0.25, 0.3) is 22.6 Å². The Morgan fingerprint density at radius 1 is 1.17 bits per heavy atom. The Bertz CT molecular complexity index is 1440. The van der Waals surface area contributed by atoms with Gasteiger partial charge in [0.2, 0.25) is 5.91 Å². The quantitative estimate of drug-likeness (QED) is 0.392. The summed E-state index contributed by atoms with van der Waals surface area (Å²) in [5.41, 5.74) is 11.3. The molecule has 0 radical (unpaired) electrons. The number of carbonyl (C=O) groups is 1. The number of fused-ring (bicyclic) bond motifs is 1. The van der Waals surface area contributed by atoms with E-state index < -0.39 is 22.9 Å². The van der Waals surface area contributed by atoms with Gasteiger partial charge in [-0.2, -0.15) is 5.10 Å². The first-order valence-corrected chi connectivity index (χ1v) is 10.4. The molecular weight excluding hydrogens is 465 g/mol. The van der Waals surface area contributed by atoms with Gasteiger partial charge in [-0.25, -0.2) is 32.8 Å². The first-order valence-electron chi connectivity index (χ1n) is 10.4. The van der Waals surface area contributed by atoms with Gasteiger partial charge in [-0.15, -0.1) is 0 Å². The average Bonchev–Trinajstić information content (AvgIpc) is 3.14. The molecule has 1 amide bonds. The number of halogens is 3. The number of nitrogens with one attached hydrogen (secondary N) is 1. The van der Waals surface area contributed by atoms with E-state index in [1.807, 2.05) is 0 Å². The smallest absolute Gasteiger partial charge is 0.235 e. The molecule has 0 bridgehead atoms. The van der Waals surface area contributed by atoms with Crippen LogP contribution in [0.1, 0.15) is 12.5 Å². The monoisotopic (exact) mass is 484 g/mol. The number of rotatable bonds is 5. The van der Waals surface area contributed by atoms with Crippen LogP contribution < -0.4 is 16.8 Å². The number of aromatic nitrogens is 5. The first-order chi connectivity index (χ1) is 16.7. The summed E-state index contributed by atoms with van der Waals surface area (Å²) in [4.78, 5) is 24.9. The highest BCUT2D eigenvalue weighted by atomic mass is 19.1. The Morgan fingerprint density at radius 3 is 2.43 bits per heavy atom. The minimum atomic E-state index is -0.771. The van der Waals surface area contributed by atoms with Crippen LogP contribution in [0, 0.1) is 22.9 Å². The number of nitrogens with two attached hydrogens (primary N) is 2. The fourth-order valence-electron chi connectivity index (χ4n) is 3.68. The predicted octanol–water partition coefficient (Wildman–Crippen LogP) is 2.49. The SMILES string of the molecule is CC1(C(=O)Nc2c(N)nc(-c3nn(Cc4c(F)cccc4F)c4ncc(F)cc34)nc2N)COC1. The van der Waals surface area contributed by atoms with E-state index in [2.05, 4.69) is 25.4 Å². The number of amides is 1. The van der Waals surface area contributed by atoms with Crippen molar-refractivity contribution in [2.45, 2.75) is 13.5 Å². The van der Waals surface area contributed by atoms with E-state index >= 15 is 0 Å². The van der Waals surface area contributed by atoms with Gasteiger partial charge in [0.25, 0.3) is 0 Å². The normalized spacial score (nSPS) is 14.6. The number of benzene rings is 1. The van der Waals surface area contributed by atoms with Crippen LogP contribution in [-0.2, 0) is 16.1 Å². The molecule has 0 unspecified atom stereocenters. The van der Waals surface area contributed by atoms with Crippen LogP contribution in [0.5, 0.6) is 0 Å². The van der Waals surface area contributed by atoms with Gasteiger partial charge in [0.15, 0.2) is 23.1 Å². The van der Waals surface area contributed by atoms with Crippen LogP contribution >= 0.6 is 0 Å². The van der Waals surface area contributed by atoms with E-state index in [4.69, 9.17) is 16.2 Å². The maximum atomic E-state index is 14.2. The van der Waals surface area contributed by atoms with Crippen molar-refractivity contribution in [3.63, 3.8) is 0 Å². The van der Waals surface area contributed by atoms with Crippen molar-refractivity contribution >= 4 is 34.3 Å². The molecule has 1 aliphatic heterocycles. The van der Waals surface area contributed by atoms with Gasteiger partial charge >= 0.3 is 0 Å². The van der Waals surface area contributed by atoms with Crippen molar-refractivity contribution in [3.05, 3.63) is 53.5 Å². The van der Waals surface area contributed by atoms with Gasteiger partial charge in [0, 0.05) is 5.56 Å². The molecule has 4 heterocycles. The maximum Gasteiger partial charge on any atom is 0.235 e. The number of anilines is 3. The highest BCUT2D eigenvalue weighted by Crippen LogP contribution is 2.33. The van der Waals surface area contributed by atoms with Crippen LogP contribution in [0.4, 0.5) is 30.5 Å². The summed E-state index contributed by atoms with van der Waals surface area (Å²) in [5.74, 6) is -2.93. The molecule has 0 spiro atoms. The maximum absolute atomic E-state index is 14.2. The summed E-state index contributed by atoms with van der Waals surface area (Å²) < 4.78 is 48.8. The minimum Gasteiger partial charge on any atom is -0.382 e. The fraction of sp³-hybridized carbons (Fsp3) is 0.227. The number of hydrogen-bond acceptors (Lipinski definition) is 8. The molecule has 0 atom stereocenters. The highest BCUT2D eigenvalue weighted by molar-refractivity contribution is 6.00. The Hall–Kier alpha value is -4.26. The zero-order valence-corrected chi connectivity index (χ0v) is 18.3. The Labute approximate surface area is 196 Å². The number of pyridine rings is 1. The predicted molar refractivity (Wildman–Crippen MR) is 120 cm³/mol. The largest absolute Gasteiger partial charge is 0.382 e. The first kappa shape index (κ1) is 22.5. The molecule has 180 valence electrons. The van der Waals surface area contributed by atoms with E-state index in [0.717, 1.165) is 24.4 Å². The topological polar surface area (TPSA) is 147 Å². The number of carbonyl (C=O) groups excluding carboxylic acids is 1. The molecule has 1 fully saturated rings. The molecule has 0 aliphatic carbocycles. The average molecular weight is 484 g/mol. The van der Waals surface area contributed by atoms with Crippen molar-refractivity contribution in [1.82, 2.24) is 24.7 Å². The van der Waals surface area contributed by atoms with Crippen molar-refractivity contribution in [2.75, 3.05) is 30.0 Å². The molecule has 13 heteroatoms. The third-order valence-electron chi connectivity index (χ3n) is 5.73. The fourth-order valence-corrected chi connectivity index (χ4v) is 3.68. The molecule has 35 heavy (non-hydrogen) atoms. The Morgan fingerprint density at radius 2 is 1.83 bits per heavy atom. The summed E-state index contributed by atoms with van der Waals surface area (Å²) >= 11 is 0. The van der Waals surface area contributed by atoms with Gasteiger partial charge < -0.3 is 21.5 Å². The van der Waals surface area contributed by atoms with Gasteiger partial charge in [-0.1, -0.05) is 6.07 Å². The van der Waals surface area contributed by atoms with Crippen molar-refractivity contribution in [1.29, 1.82) is 0 Å². The standard InChI is InChI=1S/C22H19F3N8O2/c1-22(8-35-9-22)21(34)29-16-17(26)30-19(31-18(16)27)15-11-5-10(23)6-28-20(11)33(32-15)7-12-13(24)3-2-4-14(12)25/h2-6H,7-9H2,1H3,(H,29,34)(H4,26,27,30,31). The molecular formula is C22H19F3N8O2. The van der Waals surface area contributed by atoms with Gasteiger partial charge in [0.1, 0.15) is 28.8 Å². The second-order valence-electron chi connectivity index (χ2n) is 8.43. The molecule has 5 N–H and O–H groups in total. The molecule has 0 saturated carbocycles. The number of ether oxygens (including phenoxy) is 1. The Balaban J connectivity index is 1.57. The lowest BCUT2D eigenvalue weighted by Crippen LogP contribution is -2.49. The molecule has 1 aliphatic rings. The number of nitrogens with zero attached hydrogens (tertiary/aromatic N) is 5. The summed E-state index contributed by atoms with van der Waals surface area (Å²) in [5, 5.41) is 7.13. The van der Waals surface area contributed by atoms with Crippen LogP contribution in [0.3, 0.4) is 0 Å². The molecule has 10 nitrogen and oxygen atoms in total. The zero-order valence-electron chi connectivity index (χ0n) is 18.3. The van der Waals surface area contributed by atoms with Crippen molar-refractivity contribution in [3.8, 4) is 11.5 Å². The second kappa shape index (κ2) is 8.20. The summed E-state index contributed by atoms with van der Waals surface area (Å²) in [6.45, 7) is 1.91. The molecule has 3 aromatic heterocycles. The van der Waals surface area contributed by atoms with Gasteiger partial charge in [-0.05, 0) is 25.1 Å². The van der Waals surface area contributed by atoms with Crippen LogP contribution in [0.2, 0.25) is 0 Å². The van der Waals surface area contributed by atoms with Crippen molar-refractivity contribution in [2.24, 2.45) is 5.41 Å². The van der Waals surface area contributed by atoms with E-state index in [0.29, 0.717) is 0 Å². The second-order valence-corrected chi connectivity index (χ2v) is 8.43. The van der Waals surface area contributed by atoms with Crippen LogP contribution in [-0.4, -0.2) is 43.9 Å². The van der Waals surface area contributed by atoms with Crippen molar-refractivity contribution < 1.29 is 22.7 Å². The summed E-state index contributed by atoms with van der Waals surface area (Å²) in [7, 11) is 0. The van der Waals surface area contributed by atoms with E-state index in [-0.39, 0.29) is 71.1 Å². The molecule has 5 rings (SSSR count). The van der Waals surface area contributed by atoms with E-state index in [1.54, 1.807) is 6.92 Å². The molecule has 1 aromatic carbocycles. The Kier molecular flexibility index (Phi) is 5.28. The van der Waals surface area contributed by atoms with Gasteiger partial charge in [0.05, 0.1) is 36.8 Å². The van der Waals surface area contributed by atoms with Crippen LogP contribution in [0.15, 0.2) is 30.5 Å². The number of hydrogen-bond donors (Lipinski definition) is 3. The third-order valence-corrected chi connectivity index (χ3v) is 5.73. The number of nitrogen functional groups attached to an aromatic ring is 2. The molecule has 4 aromatic rings. The minimum absolute atomic E-state index is 0.0216. The summed E-state index contributed by atoms with van der Waals surface area (Å²) in [6.07, 6.45) is 0.953. The summed E-state index contributed by atoms with van der Waals surface area (Å²) in [6, 6.07) is 4.62. The highest BCUT2D eigenvalue weighted by Gasteiger charge is 2.41. The van der Waals surface area contributed by atoms with Gasteiger partial charge in [-0.3, -0.25) is 4.79 Å². The lowest BCUT2D eigenvalue weighted by atomic mass is 9.87. The zero-order chi connectivity index (χ0) is 24.9. The lowest BCUT2D eigenvalue weighted by Gasteiger charge is -2.36. The third kappa shape index (κ3) is 3.89. The van der Waals surface area contributed by atoms with E-state index in [1.165, 1.54) is 10.7 Å². The van der Waals surface area contributed by atoms with E-state index in [9.17, 15) is 18.0 Å². The lowest BCUT2D eigenvalue weighted by molar-refractivity contribution is -0.151. The molecule has 1 saturated heterocycles.